The molecule has 2 rings (SSSR count). The van der Waals surface area contributed by atoms with Gasteiger partial charge in [-0.25, -0.2) is 4.39 Å². The number of halogens is 2. The molecule has 0 aliphatic rings. The van der Waals surface area contributed by atoms with Crippen molar-refractivity contribution in [2.45, 2.75) is 71.1 Å². The summed E-state index contributed by atoms with van der Waals surface area (Å²) in [6.07, 6.45) is 2.21. The SMILES string of the molecule is CCCN(CCC)C(=O)CCCC(=O)OC(CNCc1cccc(OC)c1)C(N)Cc1cc(F)cc(Cl)c1. The maximum atomic E-state index is 13.8. The van der Waals surface area contributed by atoms with E-state index in [0.29, 0.717) is 31.5 Å². The topological polar surface area (TPSA) is 93.9 Å². The molecule has 0 spiro atoms. The molecule has 7 nitrogen and oxygen atoms in total. The number of ether oxygens (including phenoxy) is 2. The van der Waals surface area contributed by atoms with Crippen LogP contribution in [0.15, 0.2) is 42.5 Å². The summed E-state index contributed by atoms with van der Waals surface area (Å²) in [5, 5.41) is 3.57. The number of hydrogen-bond acceptors (Lipinski definition) is 6. The Bertz CT molecular complexity index is 997. The number of rotatable bonds is 17. The summed E-state index contributed by atoms with van der Waals surface area (Å²) in [6.45, 7) is 6.33. The fourth-order valence-corrected chi connectivity index (χ4v) is 4.47. The lowest BCUT2D eigenvalue weighted by atomic mass is 10.0. The van der Waals surface area contributed by atoms with Crippen LogP contribution in [0.5, 0.6) is 5.75 Å². The smallest absolute Gasteiger partial charge is 0.306 e. The first-order valence-corrected chi connectivity index (χ1v) is 13.6. The molecule has 38 heavy (non-hydrogen) atoms. The van der Waals surface area contributed by atoms with E-state index in [-0.39, 0.29) is 23.8 Å². The highest BCUT2D eigenvalue weighted by Crippen LogP contribution is 2.17. The molecule has 2 unspecified atom stereocenters. The van der Waals surface area contributed by atoms with Crippen LogP contribution in [0.25, 0.3) is 0 Å². The van der Waals surface area contributed by atoms with Crippen molar-refractivity contribution in [1.29, 1.82) is 0 Å². The Balaban J connectivity index is 1.98. The minimum atomic E-state index is -0.664. The minimum absolute atomic E-state index is 0.0534. The van der Waals surface area contributed by atoms with Crippen molar-refractivity contribution in [1.82, 2.24) is 10.2 Å². The van der Waals surface area contributed by atoms with Gasteiger partial charge in [0.15, 0.2) is 0 Å². The lowest BCUT2D eigenvalue weighted by Gasteiger charge is -2.25. The van der Waals surface area contributed by atoms with Gasteiger partial charge in [-0.3, -0.25) is 9.59 Å². The highest BCUT2D eigenvalue weighted by molar-refractivity contribution is 6.30. The van der Waals surface area contributed by atoms with Gasteiger partial charge in [0, 0.05) is 50.1 Å². The van der Waals surface area contributed by atoms with E-state index in [9.17, 15) is 14.0 Å². The Morgan fingerprint density at radius 3 is 2.47 bits per heavy atom. The number of benzene rings is 2. The van der Waals surface area contributed by atoms with Crippen LogP contribution in [0.3, 0.4) is 0 Å². The minimum Gasteiger partial charge on any atom is -0.497 e. The van der Waals surface area contributed by atoms with Gasteiger partial charge in [0.25, 0.3) is 0 Å². The van der Waals surface area contributed by atoms with E-state index in [0.717, 1.165) is 37.2 Å². The normalized spacial score (nSPS) is 12.6. The average molecular weight is 550 g/mol. The number of carbonyl (C=O) groups is 2. The van der Waals surface area contributed by atoms with Crippen LogP contribution < -0.4 is 15.8 Å². The van der Waals surface area contributed by atoms with Crippen molar-refractivity contribution >= 4 is 23.5 Å². The third-order valence-corrected chi connectivity index (χ3v) is 6.29. The van der Waals surface area contributed by atoms with Crippen LogP contribution in [0.2, 0.25) is 5.02 Å². The number of methoxy groups -OCH3 is 1. The van der Waals surface area contributed by atoms with Crippen molar-refractivity contribution in [3.63, 3.8) is 0 Å². The summed E-state index contributed by atoms with van der Waals surface area (Å²) in [6, 6.07) is 11.3. The number of esters is 1. The predicted octanol–water partition coefficient (Wildman–Crippen LogP) is 4.88. The zero-order chi connectivity index (χ0) is 27.9. The molecule has 2 aromatic carbocycles. The number of hydrogen-bond donors (Lipinski definition) is 2. The third-order valence-electron chi connectivity index (χ3n) is 6.07. The number of nitrogens with one attached hydrogen (secondary N) is 1. The number of nitrogens with zero attached hydrogens (tertiary/aromatic N) is 1. The molecule has 210 valence electrons. The van der Waals surface area contributed by atoms with Crippen molar-refractivity contribution < 1.29 is 23.5 Å². The second-order valence-electron chi connectivity index (χ2n) is 9.39. The van der Waals surface area contributed by atoms with Gasteiger partial charge < -0.3 is 25.4 Å². The largest absolute Gasteiger partial charge is 0.497 e. The zero-order valence-corrected chi connectivity index (χ0v) is 23.4. The maximum absolute atomic E-state index is 13.8. The molecule has 0 aliphatic heterocycles. The molecular formula is C29H41ClFN3O4. The van der Waals surface area contributed by atoms with Crippen molar-refractivity contribution in [2.75, 3.05) is 26.7 Å². The Labute approximate surface area is 230 Å². The van der Waals surface area contributed by atoms with Gasteiger partial charge in [0.05, 0.1) is 7.11 Å². The molecule has 0 aromatic heterocycles. The molecule has 0 radical (unpaired) electrons. The first-order valence-electron chi connectivity index (χ1n) is 13.3. The Hall–Kier alpha value is -2.68. The van der Waals surface area contributed by atoms with E-state index in [2.05, 4.69) is 5.32 Å². The highest BCUT2D eigenvalue weighted by Gasteiger charge is 2.23. The second kappa shape index (κ2) is 17.0. The molecule has 0 saturated heterocycles. The van der Waals surface area contributed by atoms with Crippen LogP contribution in [-0.2, 0) is 27.3 Å². The monoisotopic (exact) mass is 549 g/mol. The summed E-state index contributed by atoms with van der Waals surface area (Å²) < 4.78 is 24.9. The van der Waals surface area contributed by atoms with Crippen LogP contribution in [0, 0.1) is 5.82 Å². The fourth-order valence-electron chi connectivity index (χ4n) is 4.22. The summed E-state index contributed by atoms with van der Waals surface area (Å²) in [5.41, 5.74) is 8.06. The molecule has 3 N–H and O–H groups in total. The van der Waals surface area contributed by atoms with Gasteiger partial charge in [-0.05, 0) is 67.1 Å². The molecule has 2 aromatic rings. The average Bonchev–Trinajstić information content (AvgIpc) is 2.87. The van der Waals surface area contributed by atoms with Gasteiger partial charge in [0.2, 0.25) is 5.91 Å². The molecular weight excluding hydrogens is 509 g/mol. The van der Waals surface area contributed by atoms with Crippen molar-refractivity contribution in [2.24, 2.45) is 5.73 Å². The lowest BCUT2D eigenvalue weighted by molar-refractivity contribution is -0.150. The van der Waals surface area contributed by atoms with E-state index < -0.39 is 23.9 Å². The van der Waals surface area contributed by atoms with E-state index in [4.69, 9.17) is 26.8 Å². The molecule has 1 amide bonds. The summed E-state index contributed by atoms with van der Waals surface area (Å²) in [5.74, 6) is -0.0684. The quantitative estimate of drug-likeness (QED) is 0.273. The van der Waals surface area contributed by atoms with E-state index in [1.54, 1.807) is 13.2 Å². The summed E-state index contributed by atoms with van der Waals surface area (Å²) >= 11 is 6.00. The van der Waals surface area contributed by atoms with Crippen LogP contribution in [0.4, 0.5) is 4.39 Å². The Morgan fingerprint density at radius 1 is 1.08 bits per heavy atom. The van der Waals surface area contributed by atoms with Gasteiger partial charge in [-0.2, -0.15) is 0 Å². The van der Waals surface area contributed by atoms with Gasteiger partial charge in [-0.1, -0.05) is 37.6 Å². The molecule has 0 aliphatic carbocycles. The van der Waals surface area contributed by atoms with E-state index in [1.165, 1.54) is 12.1 Å². The molecule has 0 fully saturated rings. The van der Waals surface area contributed by atoms with E-state index >= 15 is 0 Å². The van der Waals surface area contributed by atoms with Gasteiger partial charge >= 0.3 is 5.97 Å². The number of carbonyl (C=O) groups excluding carboxylic acids is 2. The molecule has 0 heterocycles. The van der Waals surface area contributed by atoms with Gasteiger partial charge in [0.1, 0.15) is 17.7 Å². The standard InChI is InChI=1S/C29H41ClFN3O4/c1-4-12-34(13-5-2)28(35)10-7-11-29(36)38-27(20-33-19-21-8-6-9-25(16-21)37-3)26(32)17-22-14-23(30)18-24(31)15-22/h6,8-9,14-16,18,26-27,33H,4-5,7,10-13,17,19-20,32H2,1-3H3. The summed E-state index contributed by atoms with van der Waals surface area (Å²) in [7, 11) is 1.61. The highest BCUT2D eigenvalue weighted by atomic mass is 35.5. The van der Waals surface area contributed by atoms with Crippen molar-refractivity contribution in [3.8, 4) is 5.75 Å². The lowest BCUT2D eigenvalue weighted by Crippen LogP contribution is -2.46. The van der Waals surface area contributed by atoms with Crippen molar-refractivity contribution in [3.05, 3.63) is 64.4 Å². The first-order chi connectivity index (χ1) is 18.2. The maximum Gasteiger partial charge on any atom is 0.306 e. The predicted molar refractivity (Wildman–Crippen MR) is 149 cm³/mol. The summed E-state index contributed by atoms with van der Waals surface area (Å²) in [4.78, 5) is 27.1. The zero-order valence-electron chi connectivity index (χ0n) is 22.7. The first kappa shape index (κ1) is 31.5. The number of amides is 1. The Morgan fingerprint density at radius 2 is 1.82 bits per heavy atom. The fraction of sp³-hybridized carbons (Fsp3) is 0.517. The number of nitrogens with two attached hydrogens (primary N) is 1. The molecule has 2 atom stereocenters. The van der Waals surface area contributed by atoms with E-state index in [1.807, 2.05) is 43.0 Å². The van der Waals surface area contributed by atoms with Gasteiger partial charge in [-0.15, -0.1) is 0 Å². The molecule has 0 saturated carbocycles. The Kier molecular flexibility index (Phi) is 14.1. The van der Waals surface area contributed by atoms with Crippen LogP contribution in [0.1, 0.15) is 57.1 Å². The molecule has 9 heteroatoms. The third kappa shape index (κ3) is 11.4. The second-order valence-corrected chi connectivity index (χ2v) is 9.83. The van der Waals surface area contributed by atoms with Crippen LogP contribution >= 0.6 is 11.6 Å². The molecule has 0 bridgehead atoms. The van der Waals surface area contributed by atoms with Crippen LogP contribution in [-0.4, -0.2) is 55.7 Å².